The fourth-order valence-electron chi connectivity index (χ4n) is 3.90. The van der Waals surface area contributed by atoms with E-state index in [4.69, 9.17) is 0 Å². The fraction of sp³-hybridized carbons (Fsp3) is 1.00. The highest BCUT2D eigenvalue weighted by atomic mass is 15.2. The van der Waals surface area contributed by atoms with Gasteiger partial charge in [0.15, 0.2) is 0 Å². The van der Waals surface area contributed by atoms with E-state index in [9.17, 15) is 0 Å². The molecule has 19 heavy (non-hydrogen) atoms. The van der Waals surface area contributed by atoms with Crippen molar-refractivity contribution in [3.8, 4) is 0 Å². The predicted molar refractivity (Wildman–Crippen MR) is 83.5 cm³/mol. The molecule has 2 nitrogen and oxygen atoms in total. The van der Waals surface area contributed by atoms with Gasteiger partial charge < -0.3 is 5.32 Å². The molecule has 2 unspecified atom stereocenters. The Kier molecular flexibility index (Phi) is 6.15. The molecule has 112 valence electrons. The molecule has 1 heterocycles. The van der Waals surface area contributed by atoms with E-state index in [1.165, 1.54) is 64.6 Å². The van der Waals surface area contributed by atoms with Crippen LogP contribution in [0.4, 0.5) is 0 Å². The SMILES string of the molecule is CCCNC1CC(C(C)C)CN(C2CCCCC2)C1. The first-order valence-electron chi connectivity index (χ1n) is 8.68. The molecule has 1 saturated carbocycles. The summed E-state index contributed by atoms with van der Waals surface area (Å²) in [6.45, 7) is 10.9. The average molecular weight is 266 g/mol. The highest BCUT2D eigenvalue weighted by molar-refractivity contribution is 4.88. The summed E-state index contributed by atoms with van der Waals surface area (Å²) < 4.78 is 0. The van der Waals surface area contributed by atoms with Crippen LogP contribution in [0.1, 0.15) is 65.7 Å². The molecule has 2 rings (SSSR count). The summed E-state index contributed by atoms with van der Waals surface area (Å²) in [5, 5.41) is 3.78. The molecule has 1 aliphatic heterocycles. The molecule has 1 aliphatic carbocycles. The summed E-state index contributed by atoms with van der Waals surface area (Å²) in [6, 6.07) is 1.63. The molecule has 0 aromatic rings. The number of nitrogens with one attached hydrogen (secondary N) is 1. The number of piperidine rings is 1. The van der Waals surface area contributed by atoms with Crippen molar-refractivity contribution >= 4 is 0 Å². The van der Waals surface area contributed by atoms with Crippen molar-refractivity contribution in [2.45, 2.75) is 77.8 Å². The van der Waals surface area contributed by atoms with E-state index >= 15 is 0 Å². The van der Waals surface area contributed by atoms with E-state index in [0.29, 0.717) is 0 Å². The lowest BCUT2D eigenvalue weighted by molar-refractivity contribution is 0.0620. The van der Waals surface area contributed by atoms with Gasteiger partial charge in [-0.15, -0.1) is 0 Å². The standard InChI is InChI=1S/C17H34N2/c1-4-10-18-16-11-15(14(2)3)12-19(13-16)17-8-6-5-7-9-17/h14-18H,4-13H2,1-3H3. The molecule has 0 radical (unpaired) electrons. The maximum atomic E-state index is 3.78. The molecule has 0 bridgehead atoms. The van der Waals surface area contributed by atoms with Gasteiger partial charge >= 0.3 is 0 Å². The molecule has 2 heteroatoms. The van der Waals surface area contributed by atoms with Crippen LogP contribution in [-0.4, -0.2) is 36.6 Å². The van der Waals surface area contributed by atoms with Crippen LogP contribution in [0.2, 0.25) is 0 Å². The second kappa shape index (κ2) is 7.64. The van der Waals surface area contributed by atoms with Crippen molar-refractivity contribution in [2.75, 3.05) is 19.6 Å². The highest BCUT2D eigenvalue weighted by Crippen LogP contribution is 2.30. The fourth-order valence-corrected chi connectivity index (χ4v) is 3.90. The van der Waals surface area contributed by atoms with Gasteiger partial charge in [0, 0.05) is 25.2 Å². The quantitative estimate of drug-likeness (QED) is 0.817. The van der Waals surface area contributed by atoms with Crippen molar-refractivity contribution in [2.24, 2.45) is 11.8 Å². The first-order valence-corrected chi connectivity index (χ1v) is 8.68. The van der Waals surface area contributed by atoms with Crippen LogP contribution in [0.15, 0.2) is 0 Å². The van der Waals surface area contributed by atoms with E-state index in [1.807, 2.05) is 0 Å². The van der Waals surface area contributed by atoms with Gasteiger partial charge in [0.05, 0.1) is 0 Å². The third-order valence-corrected chi connectivity index (χ3v) is 5.23. The molecule has 0 aromatic heterocycles. The Morgan fingerprint density at radius 1 is 1.11 bits per heavy atom. The summed E-state index contributed by atoms with van der Waals surface area (Å²) in [6.07, 6.45) is 9.93. The largest absolute Gasteiger partial charge is 0.313 e. The number of rotatable bonds is 5. The smallest absolute Gasteiger partial charge is 0.0198 e. The topological polar surface area (TPSA) is 15.3 Å². The molecular formula is C17H34N2. The van der Waals surface area contributed by atoms with Gasteiger partial charge in [-0.1, -0.05) is 40.0 Å². The molecule has 0 spiro atoms. The minimum atomic E-state index is 0.739. The lowest BCUT2D eigenvalue weighted by Gasteiger charge is -2.44. The Labute approximate surface area is 120 Å². The van der Waals surface area contributed by atoms with Crippen molar-refractivity contribution in [1.82, 2.24) is 10.2 Å². The third kappa shape index (κ3) is 4.46. The first kappa shape index (κ1) is 15.3. The van der Waals surface area contributed by atoms with Crippen LogP contribution < -0.4 is 5.32 Å². The van der Waals surface area contributed by atoms with Crippen molar-refractivity contribution in [1.29, 1.82) is 0 Å². The second-order valence-electron chi connectivity index (χ2n) is 7.14. The van der Waals surface area contributed by atoms with Crippen molar-refractivity contribution < 1.29 is 0 Å². The maximum Gasteiger partial charge on any atom is 0.0198 e. The van der Waals surface area contributed by atoms with Gasteiger partial charge in [-0.2, -0.15) is 0 Å². The highest BCUT2D eigenvalue weighted by Gasteiger charge is 2.32. The Morgan fingerprint density at radius 3 is 2.47 bits per heavy atom. The van der Waals surface area contributed by atoms with Gasteiger partial charge in [0.1, 0.15) is 0 Å². The van der Waals surface area contributed by atoms with Crippen LogP contribution in [-0.2, 0) is 0 Å². The Hall–Kier alpha value is -0.0800. The zero-order valence-electron chi connectivity index (χ0n) is 13.3. The number of hydrogen-bond donors (Lipinski definition) is 1. The normalized spacial score (nSPS) is 30.9. The number of likely N-dealkylation sites (tertiary alicyclic amines) is 1. The van der Waals surface area contributed by atoms with Gasteiger partial charge in [-0.25, -0.2) is 0 Å². The molecular weight excluding hydrogens is 232 g/mol. The van der Waals surface area contributed by atoms with E-state index in [-0.39, 0.29) is 0 Å². The summed E-state index contributed by atoms with van der Waals surface area (Å²) in [5.41, 5.74) is 0. The first-order chi connectivity index (χ1) is 9.20. The molecule has 0 amide bonds. The van der Waals surface area contributed by atoms with Gasteiger partial charge in [-0.3, -0.25) is 4.90 Å². The Balaban J connectivity index is 1.92. The Bertz CT molecular complexity index is 246. The monoisotopic (exact) mass is 266 g/mol. The van der Waals surface area contributed by atoms with Crippen molar-refractivity contribution in [3.63, 3.8) is 0 Å². The van der Waals surface area contributed by atoms with Crippen molar-refractivity contribution in [3.05, 3.63) is 0 Å². The van der Waals surface area contributed by atoms with Gasteiger partial charge in [-0.05, 0) is 44.1 Å². The number of hydrogen-bond acceptors (Lipinski definition) is 2. The zero-order valence-corrected chi connectivity index (χ0v) is 13.3. The van der Waals surface area contributed by atoms with Gasteiger partial charge in [0.2, 0.25) is 0 Å². The second-order valence-corrected chi connectivity index (χ2v) is 7.14. The maximum absolute atomic E-state index is 3.78. The molecule has 1 N–H and O–H groups in total. The zero-order chi connectivity index (χ0) is 13.7. The summed E-state index contributed by atoms with van der Waals surface area (Å²) in [7, 11) is 0. The minimum absolute atomic E-state index is 0.739. The van der Waals surface area contributed by atoms with Crippen LogP contribution in [0.3, 0.4) is 0 Å². The summed E-state index contributed by atoms with van der Waals surface area (Å²) in [4.78, 5) is 2.83. The van der Waals surface area contributed by atoms with E-state index < -0.39 is 0 Å². The molecule has 0 aromatic carbocycles. The molecule has 2 atom stereocenters. The van der Waals surface area contributed by atoms with E-state index in [0.717, 1.165) is 23.9 Å². The van der Waals surface area contributed by atoms with Gasteiger partial charge in [0.25, 0.3) is 0 Å². The van der Waals surface area contributed by atoms with Crippen LogP contribution in [0.25, 0.3) is 0 Å². The van der Waals surface area contributed by atoms with Crippen LogP contribution in [0, 0.1) is 11.8 Å². The number of nitrogens with zero attached hydrogens (tertiary/aromatic N) is 1. The molecule has 2 fully saturated rings. The summed E-state index contributed by atoms with van der Waals surface area (Å²) >= 11 is 0. The van der Waals surface area contributed by atoms with Crippen LogP contribution in [0.5, 0.6) is 0 Å². The lowest BCUT2D eigenvalue weighted by Crippen LogP contribution is -2.54. The minimum Gasteiger partial charge on any atom is -0.313 e. The summed E-state index contributed by atoms with van der Waals surface area (Å²) in [5.74, 6) is 1.72. The van der Waals surface area contributed by atoms with Crippen LogP contribution >= 0.6 is 0 Å². The predicted octanol–water partition coefficient (Wildman–Crippen LogP) is 3.67. The van der Waals surface area contributed by atoms with E-state index in [1.54, 1.807) is 0 Å². The molecule has 2 aliphatic rings. The Morgan fingerprint density at radius 2 is 1.84 bits per heavy atom. The molecule has 1 saturated heterocycles. The van der Waals surface area contributed by atoms with E-state index in [2.05, 4.69) is 31.0 Å². The average Bonchev–Trinajstić information content (AvgIpc) is 2.45. The lowest BCUT2D eigenvalue weighted by atomic mass is 9.83. The third-order valence-electron chi connectivity index (χ3n) is 5.23.